The van der Waals surface area contributed by atoms with E-state index in [0.717, 1.165) is 23.2 Å². The number of hydrogen-bond acceptors (Lipinski definition) is 1. The fourth-order valence-electron chi connectivity index (χ4n) is 1.83. The van der Waals surface area contributed by atoms with E-state index in [1.165, 1.54) is 0 Å². The molecule has 1 aliphatic heterocycles. The van der Waals surface area contributed by atoms with E-state index >= 15 is 0 Å². The molecule has 1 aliphatic rings. The molecule has 16 heavy (non-hydrogen) atoms. The van der Waals surface area contributed by atoms with Crippen LogP contribution in [-0.2, 0) is 5.41 Å². The molecule has 0 atom stereocenters. The van der Waals surface area contributed by atoms with Crippen LogP contribution < -0.4 is 0 Å². The minimum absolute atomic E-state index is 0.133. The minimum atomic E-state index is -0.170. The van der Waals surface area contributed by atoms with Crippen molar-refractivity contribution in [1.29, 1.82) is 0 Å². The van der Waals surface area contributed by atoms with Crippen LogP contribution in [0.3, 0.4) is 0 Å². The maximum atomic E-state index is 13.7. The van der Waals surface area contributed by atoms with Gasteiger partial charge in [-0.25, -0.2) is 4.39 Å². The highest BCUT2D eigenvalue weighted by Gasteiger charge is 2.19. The van der Waals surface area contributed by atoms with Crippen molar-refractivity contribution in [2.75, 3.05) is 6.54 Å². The summed E-state index contributed by atoms with van der Waals surface area (Å²) in [5.41, 5.74) is 2.72. The van der Waals surface area contributed by atoms with E-state index in [-0.39, 0.29) is 11.2 Å². The summed E-state index contributed by atoms with van der Waals surface area (Å²) < 4.78 is 13.7. The highest BCUT2D eigenvalue weighted by Crippen LogP contribution is 2.28. The zero-order valence-electron chi connectivity index (χ0n) is 9.92. The molecule has 0 aliphatic carbocycles. The van der Waals surface area contributed by atoms with E-state index in [4.69, 9.17) is 0 Å². The molecule has 2 heteroatoms. The van der Waals surface area contributed by atoms with Crippen LogP contribution in [0.25, 0.3) is 5.57 Å². The molecule has 0 saturated carbocycles. The van der Waals surface area contributed by atoms with Crippen molar-refractivity contribution in [2.24, 2.45) is 4.99 Å². The highest BCUT2D eigenvalue weighted by atomic mass is 19.1. The fourth-order valence-corrected chi connectivity index (χ4v) is 1.83. The predicted molar refractivity (Wildman–Crippen MR) is 66.4 cm³/mol. The van der Waals surface area contributed by atoms with Crippen molar-refractivity contribution in [3.63, 3.8) is 0 Å². The molecule has 1 aromatic rings. The highest BCUT2D eigenvalue weighted by molar-refractivity contribution is 6.11. The van der Waals surface area contributed by atoms with Gasteiger partial charge in [-0.1, -0.05) is 32.9 Å². The zero-order valence-corrected chi connectivity index (χ0v) is 9.92. The average Bonchev–Trinajstić information content (AvgIpc) is 2.69. The van der Waals surface area contributed by atoms with Gasteiger partial charge in [0, 0.05) is 6.21 Å². The molecule has 0 spiro atoms. The van der Waals surface area contributed by atoms with Gasteiger partial charge in [-0.05, 0) is 34.2 Å². The standard InChI is InChI=1S/C14H16FN/c1-14(2,3)12-8-10(4-5-13(12)15)11-6-7-16-9-11/h4-6,8-9H,7H2,1-3H3. The molecule has 84 valence electrons. The molecular weight excluding hydrogens is 201 g/mol. The summed E-state index contributed by atoms with van der Waals surface area (Å²) in [5, 5.41) is 0. The third-order valence-corrected chi connectivity index (χ3v) is 2.75. The number of allylic oxidation sites excluding steroid dienone is 1. The van der Waals surface area contributed by atoms with Gasteiger partial charge in [0.1, 0.15) is 5.82 Å². The lowest BCUT2D eigenvalue weighted by Crippen LogP contribution is -2.13. The lowest BCUT2D eigenvalue weighted by atomic mass is 9.85. The third-order valence-electron chi connectivity index (χ3n) is 2.75. The van der Waals surface area contributed by atoms with Gasteiger partial charge >= 0.3 is 0 Å². The first-order valence-electron chi connectivity index (χ1n) is 5.49. The summed E-state index contributed by atoms with van der Waals surface area (Å²) in [4.78, 5) is 4.14. The van der Waals surface area contributed by atoms with Gasteiger partial charge in [-0.2, -0.15) is 0 Å². The Morgan fingerprint density at radius 1 is 1.25 bits per heavy atom. The number of hydrogen-bond donors (Lipinski definition) is 0. The van der Waals surface area contributed by atoms with Crippen LogP contribution >= 0.6 is 0 Å². The molecule has 0 fully saturated rings. The second kappa shape index (κ2) is 3.85. The predicted octanol–water partition coefficient (Wildman–Crippen LogP) is 3.59. The molecule has 0 saturated heterocycles. The topological polar surface area (TPSA) is 12.4 Å². The van der Waals surface area contributed by atoms with E-state index in [0.29, 0.717) is 0 Å². The Labute approximate surface area is 95.7 Å². The molecule has 1 heterocycles. The smallest absolute Gasteiger partial charge is 0.126 e. The van der Waals surface area contributed by atoms with Crippen molar-refractivity contribution in [3.05, 3.63) is 41.2 Å². The van der Waals surface area contributed by atoms with Gasteiger partial charge < -0.3 is 0 Å². The van der Waals surface area contributed by atoms with E-state index < -0.39 is 0 Å². The van der Waals surface area contributed by atoms with E-state index in [2.05, 4.69) is 11.1 Å². The van der Waals surface area contributed by atoms with Gasteiger partial charge in [0.05, 0.1) is 6.54 Å². The molecule has 0 aromatic heterocycles. The largest absolute Gasteiger partial charge is 0.288 e. The fraction of sp³-hybridized carbons (Fsp3) is 0.357. The second-order valence-electron chi connectivity index (χ2n) is 5.10. The van der Waals surface area contributed by atoms with Gasteiger partial charge in [-0.15, -0.1) is 0 Å². The minimum Gasteiger partial charge on any atom is -0.288 e. The first kappa shape index (κ1) is 11.1. The number of rotatable bonds is 1. The number of nitrogens with zero attached hydrogens (tertiary/aromatic N) is 1. The SMILES string of the molecule is CC(C)(C)c1cc(C2=CCN=C2)ccc1F. The van der Waals surface area contributed by atoms with Crippen LogP contribution in [0.5, 0.6) is 0 Å². The average molecular weight is 217 g/mol. The van der Waals surface area contributed by atoms with Gasteiger partial charge in [0.15, 0.2) is 0 Å². The van der Waals surface area contributed by atoms with Crippen LogP contribution in [0, 0.1) is 5.82 Å². The molecular formula is C14H16FN. The van der Waals surface area contributed by atoms with Crippen molar-refractivity contribution >= 4 is 11.8 Å². The number of halogens is 1. The summed E-state index contributed by atoms with van der Waals surface area (Å²) in [6, 6.07) is 5.29. The van der Waals surface area contributed by atoms with E-state index in [1.807, 2.05) is 39.1 Å². The van der Waals surface area contributed by atoms with Crippen molar-refractivity contribution in [3.8, 4) is 0 Å². The summed E-state index contributed by atoms with van der Waals surface area (Å²) in [5.74, 6) is -0.133. The van der Waals surface area contributed by atoms with Crippen molar-refractivity contribution in [1.82, 2.24) is 0 Å². The first-order valence-corrected chi connectivity index (χ1v) is 5.49. The Morgan fingerprint density at radius 2 is 2.00 bits per heavy atom. The Bertz CT molecular complexity index is 464. The number of aliphatic imine (C=N–C) groups is 1. The van der Waals surface area contributed by atoms with Crippen LogP contribution in [0.1, 0.15) is 31.9 Å². The normalized spacial score (nSPS) is 15.4. The van der Waals surface area contributed by atoms with Crippen LogP contribution in [0.15, 0.2) is 29.3 Å². The van der Waals surface area contributed by atoms with Crippen molar-refractivity contribution < 1.29 is 4.39 Å². The zero-order chi connectivity index (χ0) is 11.8. The van der Waals surface area contributed by atoms with Crippen molar-refractivity contribution in [2.45, 2.75) is 26.2 Å². The van der Waals surface area contributed by atoms with Gasteiger partial charge in [-0.3, -0.25) is 4.99 Å². The Morgan fingerprint density at radius 3 is 2.56 bits per heavy atom. The summed E-state index contributed by atoms with van der Waals surface area (Å²) in [7, 11) is 0. The maximum absolute atomic E-state index is 13.7. The molecule has 0 unspecified atom stereocenters. The second-order valence-corrected chi connectivity index (χ2v) is 5.10. The van der Waals surface area contributed by atoms with Gasteiger partial charge in [0.2, 0.25) is 0 Å². The van der Waals surface area contributed by atoms with E-state index in [1.54, 1.807) is 6.07 Å². The lowest BCUT2D eigenvalue weighted by Gasteiger charge is -2.20. The molecule has 1 aromatic carbocycles. The lowest BCUT2D eigenvalue weighted by molar-refractivity contribution is 0.523. The monoisotopic (exact) mass is 217 g/mol. The van der Waals surface area contributed by atoms with Crippen LogP contribution in [-0.4, -0.2) is 12.8 Å². The van der Waals surface area contributed by atoms with Gasteiger partial charge in [0.25, 0.3) is 0 Å². The molecule has 0 radical (unpaired) electrons. The van der Waals surface area contributed by atoms with Crippen LogP contribution in [0.2, 0.25) is 0 Å². The number of benzene rings is 1. The maximum Gasteiger partial charge on any atom is 0.126 e. The third kappa shape index (κ3) is 2.06. The van der Waals surface area contributed by atoms with Crippen LogP contribution in [0.4, 0.5) is 4.39 Å². The summed E-state index contributed by atoms with van der Waals surface area (Å²) in [6.45, 7) is 6.79. The summed E-state index contributed by atoms with van der Waals surface area (Å²) in [6.07, 6.45) is 3.90. The molecule has 0 bridgehead atoms. The molecule has 1 nitrogen and oxygen atoms in total. The van der Waals surface area contributed by atoms with E-state index in [9.17, 15) is 4.39 Å². The Balaban J connectivity index is 2.47. The molecule has 0 N–H and O–H groups in total. The summed E-state index contributed by atoms with van der Waals surface area (Å²) >= 11 is 0. The quantitative estimate of drug-likeness (QED) is 0.681. The Hall–Kier alpha value is -1.44. The molecule has 2 rings (SSSR count). The first-order chi connectivity index (χ1) is 7.48. The Kier molecular flexibility index (Phi) is 2.66. The molecule has 0 amide bonds.